The molecule has 1 amide bonds. The molecule has 5 rings (SSSR count). The second-order valence-corrected chi connectivity index (χ2v) is 8.95. The Morgan fingerprint density at radius 1 is 1.11 bits per heavy atom. The number of likely N-dealkylation sites (tertiary alicyclic amines) is 1. The van der Waals surface area contributed by atoms with Crippen molar-refractivity contribution in [3.8, 4) is 0 Å². The number of amides is 1. The van der Waals surface area contributed by atoms with Gasteiger partial charge >= 0.3 is 0 Å². The van der Waals surface area contributed by atoms with Crippen LogP contribution in [0.5, 0.6) is 0 Å². The average molecular weight is 376 g/mol. The molecule has 1 unspecified atom stereocenters. The van der Waals surface area contributed by atoms with Crippen LogP contribution in [-0.4, -0.2) is 34.9 Å². The van der Waals surface area contributed by atoms with Gasteiger partial charge in [0.25, 0.3) is 0 Å². The lowest BCUT2D eigenvalue weighted by atomic mass is 9.73. The van der Waals surface area contributed by atoms with E-state index in [4.69, 9.17) is 0 Å². The minimum absolute atomic E-state index is 0.245. The van der Waals surface area contributed by atoms with E-state index in [0.29, 0.717) is 18.4 Å². The summed E-state index contributed by atoms with van der Waals surface area (Å²) in [5, 5.41) is 3.19. The molecule has 3 aliphatic rings. The Kier molecular flexibility index (Phi) is 4.67. The van der Waals surface area contributed by atoms with E-state index in [1.165, 1.54) is 29.5 Å². The van der Waals surface area contributed by atoms with Gasteiger partial charge in [-0.15, -0.1) is 0 Å². The maximum atomic E-state index is 12.5. The van der Waals surface area contributed by atoms with E-state index in [0.717, 1.165) is 38.9 Å². The van der Waals surface area contributed by atoms with E-state index in [1.807, 2.05) is 12.4 Å². The van der Waals surface area contributed by atoms with Crippen molar-refractivity contribution in [1.82, 2.24) is 15.2 Å². The van der Waals surface area contributed by atoms with Crippen LogP contribution in [0.4, 0.5) is 0 Å². The summed E-state index contributed by atoms with van der Waals surface area (Å²) < 4.78 is 0. The minimum Gasteiger partial charge on any atom is -0.353 e. The maximum absolute atomic E-state index is 12.5. The van der Waals surface area contributed by atoms with Gasteiger partial charge in [0.2, 0.25) is 5.91 Å². The second kappa shape index (κ2) is 7.32. The lowest BCUT2D eigenvalue weighted by molar-refractivity contribution is -0.121. The monoisotopic (exact) mass is 375 g/mol. The number of hydrogen-bond donors (Lipinski definition) is 1. The summed E-state index contributed by atoms with van der Waals surface area (Å²) in [7, 11) is 0. The first-order valence-electron chi connectivity index (χ1n) is 10.7. The quantitative estimate of drug-likeness (QED) is 0.865. The van der Waals surface area contributed by atoms with Crippen LogP contribution < -0.4 is 5.32 Å². The first kappa shape index (κ1) is 17.9. The zero-order chi connectivity index (χ0) is 19.0. The summed E-state index contributed by atoms with van der Waals surface area (Å²) in [5.74, 6) is 0.621. The van der Waals surface area contributed by atoms with Crippen molar-refractivity contribution in [2.24, 2.45) is 0 Å². The number of carbonyl (C=O) groups is 1. The molecule has 2 fully saturated rings. The lowest BCUT2D eigenvalue weighted by Gasteiger charge is -2.40. The van der Waals surface area contributed by atoms with Crippen LogP contribution in [0.3, 0.4) is 0 Å². The normalized spacial score (nSPS) is 23.5. The van der Waals surface area contributed by atoms with Crippen LogP contribution in [0.2, 0.25) is 0 Å². The molecule has 2 aliphatic carbocycles. The number of rotatable bonds is 5. The van der Waals surface area contributed by atoms with Crippen LogP contribution in [-0.2, 0) is 16.8 Å². The summed E-state index contributed by atoms with van der Waals surface area (Å²) in [6, 6.07) is 13.6. The Hall–Kier alpha value is -2.20. The van der Waals surface area contributed by atoms with Crippen LogP contribution in [0.25, 0.3) is 0 Å². The zero-order valence-corrected chi connectivity index (χ0v) is 16.4. The highest BCUT2D eigenvalue weighted by Crippen LogP contribution is 2.52. The van der Waals surface area contributed by atoms with Crippen molar-refractivity contribution in [3.63, 3.8) is 0 Å². The Bertz CT molecular complexity index is 838. The van der Waals surface area contributed by atoms with Crippen molar-refractivity contribution in [3.05, 3.63) is 65.5 Å². The SMILES string of the molecule is O=C(CC1CC2(CCN(Cc3ccncc3)CC2)c2ccccc21)NC1CC1. The van der Waals surface area contributed by atoms with Gasteiger partial charge in [-0.1, -0.05) is 24.3 Å². The molecule has 1 saturated carbocycles. The van der Waals surface area contributed by atoms with Gasteiger partial charge in [-0.3, -0.25) is 14.7 Å². The van der Waals surface area contributed by atoms with Crippen LogP contribution in [0.15, 0.2) is 48.8 Å². The van der Waals surface area contributed by atoms with Crippen molar-refractivity contribution >= 4 is 5.91 Å². The van der Waals surface area contributed by atoms with Gasteiger partial charge < -0.3 is 5.32 Å². The van der Waals surface area contributed by atoms with Crippen molar-refractivity contribution in [2.45, 2.75) is 62.4 Å². The molecule has 146 valence electrons. The molecular formula is C24H29N3O. The Labute approximate surface area is 167 Å². The van der Waals surface area contributed by atoms with Gasteiger partial charge in [0.15, 0.2) is 0 Å². The fourth-order valence-corrected chi connectivity index (χ4v) is 5.31. The van der Waals surface area contributed by atoms with Gasteiger partial charge in [0.05, 0.1) is 0 Å². The van der Waals surface area contributed by atoms with Gasteiger partial charge in [0, 0.05) is 31.4 Å². The number of hydrogen-bond acceptors (Lipinski definition) is 3. The summed E-state index contributed by atoms with van der Waals surface area (Å²) in [6.45, 7) is 3.25. The van der Waals surface area contributed by atoms with Crippen LogP contribution >= 0.6 is 0 Å². The summed E-state index contributed by atoms with van der Waals surface area (Å²) in [6.07, 6.45) is 10.2. The van der Waals surface area contributed by atoms with Gasteiger partial charge in [-0.25, -0.2) is 0 Å². The van der Waals surface area contributed by atoms with Crippen LogP contribution in [0.1, 0.15) is 61.1 Å². The Morgan fingerprint density at radius 2 is 1.86 bits per heavy atom. The molecule has 0 radical (unpaired) electrons. The minimum atomic E-state index is 0.245. The summed E-state index contributed by atoms with van der Waals surface area (Å²) in [4.78, 5) is 19.2. The zero-order valence-electron chi connectivity index (χ0n) is 16.4. The maximum Gasteiger partial charge on any atom is 0.220 e. The molecule has 1 atom stereocenters. The molecule has 2 heterocycles. The largest absolute Gasteiger partial charge is 0.353 e. The third-order valence-corrected chi connectivity index (χ3v) is 6.95. The fourth-order valence-electron chi connectivity index (χ4n) is 5.31. The van der Waals surface area contributed by atoms with E-state index < -0.39 is 0 Å². The molecule has 1 spiro atoms. The molecule has 1 N–H and O–H groups in total. The van der Waals surface area contributed by atoms with E-state index >= 15 is 0 Å². The fraction of sp³-hybridized carbons (Fsp3) is 0.500. The van der Waals surface area contributed by atoms with Gasteiger partial charge in [-0.05, 0) is 85.3 Å². The summed E-state index contributed by atoms with van der Waals surface area (Å²) >= 11 is 0. The molecule has 1 aliphatic heterocycles. The molecule has 2 aromatic rings. The van der Waals surface area contributed by atoms with Gasteiger partial charge in [-0.2, -0.15) is 0 Å². The molecule has 1 saturated heterocycles. The van der Waals surface area contributed by atoms with E-state index in [9.17, 15) is 4.79 Å². The van der Waals surface area contributed by atoms with Crippen LogP contribution in [0, 0.1) is 0 Å². The highest BCUT2D eigenvalue weighted by Gasteiger charge is 2.45. The van der Waals surface area contributed by atoms with E-state index in [2.05, 4.69) is 51.6 Å². The molecule has 4 nitrogen and oxygen atoms in total. The predicted octanol–water partition coefficient (Wildman–Crippen LogP) is 3.77. The third-order valence-electron chi connectivity index (χ3n) is 6.95. The summed E-state index contributed by atoms with van der Waals surface area (Å²) in [5.41, 5.74) is 4.54. The molecule has 28 heavy (non-hydrogen) atoms. The first-order chi connectivity index (χ1) is 13.7. The number of aromatic nitrogens is 1. The molecule has 4 heteroatoms. The third kappa shape index (κ3) is 3.58. The van der Waals surface area contributed by atoms with Crippen molar-refractivity contribution in [2.75, 3.05) is 13.1 Å². The highest BCUT2D eigenvalue weighted by molar-refractivity contribution is 5.78. The lowest BCUT2D eigenvalue weighted by Crippen LogP contribution is -2.41. The smallest absolute Gasteiger partial charge is 0.220 e. The highest BCUT2D eigenvalue weighted by atomic mass is 16.1. The van der Waals surface area contributed by atoms with Gasteiger partial charge in [0.1, 0.15) is 0 Å². The number of fused-ring (bicyclic) bond motifs is 2. The molecule has 0 bridgehead atoms. The van der Waals surface area contributed by atoms with E-state index in [-0.39, 0.29) is 11.3 Å². The van der Waals surface area contributed by atoms with E-state index in [1.54, 1.807) is 0 Å². The average Bonchev–Trinajstić information content (AvgIpc) is 3.48. The predicted molar refractivity (Wildman–Crippen MR) is 110 cm³/mol. The molecule has 1 aromatic carbocycles. The molecule has 1 aromatic heterocycles. The first-order valence-corrected chi connectivity index (χ1v) is 10.7. The number of benzene rings is 1. The van der Waals surface area contributed by atoms with Crippen molar-refractivity contribution in [1.29, 1.82) is 0 Å². The standard InChI is InChI=1S/C24H29N3O/c28-23(26-20-5-6-20)15-19-16-24(22-4-2-1-3-21(19)22)9-13-27(14-10-24)17-18-7-11-25-12-8-18/h1-4,7-8,11-12,19-20H,5-6,9-10,13-17H2,(H,26,28). The number of nitrogens with one attached hydrogen (secondary N) is 1. The number of pyridine rings is 1. The molecular weight excluding hydrogens is 346 g/mol. The second-order valence-electron chi connectivity index (χ2n) is 8.95. The number of nitrogens with zero attached hydrogens (tertiary/aromatic N) is 2. The Balaban J connectivity index is 1.28. The number of piperidine rings is 1. The topological polar surface area (TPSA) is 45.2 Å². The number of carbonyl (C=O) groups excluding carboxylic acids is 1. The Morgan fingerprint density at radius 3 is 2.61 bits per heavy atom. The van der Waals surface area contributed by atoms with Crippen molar-refractivity contribution < 1.29 is 4.79 Å².